The summed E-state index contributed by atoms with van der Waals surface area (Å²) in [6.45, 7) is 9.13. The standard InChI is InChI=1S/C15H25NO3/c1-5-14(4)8-11(14)12(17)16-7-6-15(9-16,10(2)3)13(18)19/h10-11H,5-9H2,1-4H3,(H,18,19). The van der Waals surface area contributed by atoms with Crippen molar-refractivity contribution < 1.29 is 14.7 Å². The van der Waals surface area contributed by atoms with Gasteiger partial charge in [-0.2, -0.15) is 0 Å². The van der Waals surface area contributed by atoms with Gasteiger partial charge in [-0.1, -0.05) is 27.7 Å². The van der Waals surface area contributed by atoms with E-state index in [0.717, 1.165) is 12.8 Å². The van der Waals surface area contributed by atoms with Gasteiger partial charge in [-0.05, 0) is 30.6 Å². The van der Waals surface area contributed by atoms with E-state index in [-0.39, 0.29) is 23.2 Å². The molecule has 1 aliphatic carbocycles. The van der Waals surface area contributed by atoms with Crippen molar-refractivity contribution in [2.24, 2.45) is 22.7 Å². The number of aliphatic carboxylic acids is 1. The van der Waals surface area contributed by atoms with Crippen molar-refractivity contribution in [2.75, 3.05) is 13.1 Å². The zero-order valence-corrected chi connectivity index (χ0v) is 12.4. The number of carbonyl (C=O) groups excluding carboxylic acids is 1. The van der Waals surface area contributed by atoms with Crippen LogP contribution in [0.2, 0.25) is 0 Å². The van der Waals surface area contributed by atoms with E-state index in [1.54, 1.807) is 4.90 Å². The molecule has 4 nitrogen and oxygen atoms in total. The maximum absolute atomic E-state index is 12.4. The average Bonchev–Trinajstić information content (AvgIpc) is 2.85. The van der Waals surface area contributed by atoms with Crippen molar-refractivity contribution in [2.45, 2.75) is 47.0 Å². The van der Waals surface area contributed by atoms with Gasteiger partial charge >= 0.3 is 5.97 Å². The Balaban J connectivity index is 2.06. The first-order valence-corrected chi connectivity index (χ1v) is 7.29. The summed E-state index contributed by atoms with van der Waals surface area (Å²) in [6, 6.07) is 0. The van der Waals surface area contributed by atoms with Crippen LogP contribution in [0, 0.1) is 22.7 Å². The number of nitrogens with zero attached hydrogens (tertiary/aromatic N) is 1. The van der Waals surface area contributed by atoms with Crippen molar-refractivity contribution in [1.29, 1.82) is 0 Å². The van der Waals surface area contributed by atoms with Crippen LogP contribution < -0.4 is 0 Å². The fourth-order valence-corrected chi connectivity index (χ4v) is 3.32. The van der Waals surface area contributed by atoms with Crippen molar-refractivity contribution in [3.8, 4) is 0 Å². The Bertz CT molecular complexity index is 406. The monoisotopic (exact) mass is 267 g/mol. The van der Waals surface area contributed by atoms with E-state index in [9.17, 15) is 14.7 Å². The van der Waals surface area contributed by atoms with Crippen molar-refractivity contribution in [3.05, 3.63) is 0 Å². The second kappa shape index (κ2) is 4.50. The van der Waals surface area contributed by atoms with Crippen LogP contribution in [0.5, 0.6) is 0 Å². The van der Waals surface area contributed by atoms with Crippen molar-refractivity contribution >= 4 is 11.9 Å². The Labute approximate surface area is 115 Å². The minimum Gasteiger partial charge on any atom is -0.481 e. The molecule has 1 saturated heterocycles. The predicted octanol–water partition coefficient (Wildman–Crippen LogP) is 2.38. The molecule has 3 unspecified atom stereocenters. The maximum Gasteiger partial charge on any atom is 0.311 e. The van der Waals surface area contributed by atoms with Crippen LogP contribution in [0.25, 0.3) is 0 Å². The molecular formula is C15H25NO3. The van der Waals surface area contributed by atoms with Gasteiger partial charge in [0.1, 0.15) is 0 Å². The summed E-state index contributed by atoms with van der Waals surface area (Å²) in [5.74, 6) is -0.409. The highest BCUT2D eigenvalue weighted by atomic mass is 16.4. The Kier molecular flexibility index (Phi) is 3.40. The molecule has 1 aliphatic heterocycles. The Morgan fingerprint density at radius 3 is 2.42 bits per heavy atom. The van der Waals surface area contributed by atoms with Crippen LogP contribution in [-0.4, -0.2) is 35.0 Å². The molecule has 108 valence electrons. The lowest BCUT2D eigenvalue weighted by Crippen LogP contribution is -2.41. The third-order valence-electron chi connectivity index (χ3n) is 5.60. The summed E-state index contributed by atoms with van der Waals surface area (Å²) in [6.07, 6.45) is 2.56. The number of carboxylic acid groups (broad SMARTS) is 1. The maximum atomic E-state index is 12.4. The molecular weight excluding hydrogens is 242 g/mol. The second-order valence-electron chi connectivity index (χ2n) is 6.89. The zero-order valence-electron chi connectivity index (χ0n) is 12.4. The van der Waals surface area contributed by atoms with Crippen LogP contribution in [0.3, 0.4) is 0 Å². The summed E-state index contributed by atoms with van der Waals surface area (Å²) >= 11 is 0. The fourth-order valence-electron chi connectivity index (χ4n) is 3.32. The normalized spacial score (nSPS) is 37.7. The van der Waals surface area contributed by atoms with Gasteiger partial charge in [0.25, 0.3) is 0 Å². The highest BCUT2D eigenvalue weighted by Crippen LogP contribution is 2.56. The summed E-state index contributed by atoms with van der Waals surface area (Å²) in [5.41, 5.74) is -0.587. The summed E-state index contributed by atoms with van der Waals surface area (Å²) < 4.78 is 0. The third-order valence-corrected chi connectivity index (χ3v) is 5.60. The SMILES string of the molecule is CCC1(C)CC1C(=O)N1CCC(C(=O)O)(C(C)C)C1. The van der Waals surface area contributed by atoms with Gasteiger partial charge in [0.2, 0.25) is 5.91 Å². The van der Waals surface area contributed by atoms with Gasteiger partial charge in [0.05, 0.1) is 5.41 Å². The van der Waals surface area contributed by atoms with Gasteiger partial charge in [-0.3, -0.25) is 9.59 Å². The van der Waals surface area contributed by atoms with E-state index in [1.807, 2.05) is 13.8 Å². The average molecular weight is 267 g/mol. The minimum atomic E-state index is -0.758. The van der Waals surface area contributed by atoms with E-state index >= 15 is 0 Å². The molecule has 1 saturated carbocycles. The number of hydrogen-bond donors (Lipinski definition) is 1. The molecule has 0 aromatic heterocycles. The summed E-state index contributed by atoms with van der Waals surface area (Å²) in [7, 11) is 0. The predicted molar refractivity (Wildman–Crippen MR) is 72.6 cm³/mol. The van der Waals surface area contributed by atoms with Crippen LogP contribution in [-0.2, 0) is 9.59 Å². The van der Waals surface area contributed by atoms with Crippen LogP contribution in [0.4, 0.5) is 0 Å². The topological polar surface area (TPSA) is 57.6 Å². The molecule has 0 aromatic rings. The summed E-state index contributed by atoms with van der Waals surface area (Å²) in [4.78, 5) is 25.8. The molecule has 2 fully saturated rings. The van der Waals surface area contributed by atoms with Crippen LogP contribution in [0.15, 0.2) is 0 Å². The lowest BCUT2D eigenvalue weighted by atomic mass is 9.76. The zero-order chi connectivity index (χ0) is 14.4. The van der Waals surface area contributed by atoms with Crippen molar-refractivity contribution in [1.82, 2.24) is 4.90 Å². The van der Waals surface area contributed by atoms with Crippen LogP contribution in [0.1, 0.15) is 47.0 Å². The first-order chi connectivity index (χ1) is 8.77. The first-order valence-electron chi connectivity index (χ1n) is 7.29. The molecule has 4 heteroatoms. The molecule has 3 atom stereocenters. The van der Waals surface area contributed by atoms with Gasteiger partial charge in [0.15, 0.2) is 0 Å². The Morgan fingerprint density at radius 1 is 1.42 bits per heavy atom. The largest absolute Gasteiger partial charge is 0.481 e. The molecule has 1 N–H and O–H groups in total. The van der Waals surface area contributed by atoms with Crippen molar-refractivity contribution in [3.63, 3.8) is 0 Å². The molecule has 2 rings (SSSR count). The number of amides is 1. The van der Waals surface area contributed by atoms with E-state index in [0.29, 0.717) is 19.5 Å². The lowest BCUT2D eigenvalue weighted by Gasteiger charge is -2.28. The number of hydrogen-bond acceptors (Lipinski definition) is 2. The summed E-state index contributed by atoms with van der Waals surface area (Å²) in [5, 5.41) is 9.50. The molecule has 2 aliphatic rings. The van der Waals surface area contributed by atoms with E-state index in [4.69, 9.17) is 0 Å². The molecule has 0 bridgehead atoms. The van der Waals surface area contributed by atoms with Gasteiger partial charge in [0, 0.05) is 19.0 Å². The highest BCUT2D eigenvalue weighted by molar-refractivity contribution is 5.85. The van der Waals surface area contributed by atoms with Gasteiger partial charge < -0.3 is 10.0 Å². The molecule has 0 aromatic carbocycles. The van der Waals surface area contributed by atoms with Gasteiger partial charge in [-0.15, -0.1) is 0 Å². The molecule has 1 heterocycles. The number of carboxylic acids is 1. The van der Waals surface area contributed by atoms with E-state index < -0.39 is 11.4 Å². The Hall–Kier alpha value is -1.06. The molecule has 19 heavy (non-hydrogen) atoms. The first kappa shape index (κ1) is 14.4. The minimum absolute atomic E-state index is 0.0551. The number of carbonyl (C=O) groups is 2. The molecule has 0 radical (unpaired) electrons. The molecule has 1 amide bonds. The van der Waals surface area contributed by atoms with Crippen LogP contribution >= 0.6 is 0 Å². The van der Waals surface area contributed by atoms with E-state index in [2.05, 4.69) is 13.8 Å². The van der Waals surface area contributed by atoms with Gasteiger partial charge in [-0.25, -0.2) is 0 Å². The smallest absolute Gasteiger partial charge is 0.311 e. The highest BCUT2D eigenvalue weighted by Gasteiger charge is 2.57. The number of rotatable bonds is 4. The Morgan fingerprint density at radius 2 is 2.05 bits per heavy atom. The fraction of sp³-hybridized carbons (Fsp3) is 0.867. The van der Waals surface area contributed by atoms with E-state index in [1.165, 1.54) is 0 Å². The molecule has 0 spiro atoms. The lowest BCUT2D eigenvalue weighted by molar-refractivity contribution is -0.151. The second-order valence-corrected chi connectivity index (χ2v) is 6.89. The third kappa shape index (κ3) is 2.15. The number of likely N-dealkylation sites (tertiary alicyclic amines) is 1. The quantitative estimate of drug-likeness (QED) is 0.850.